The Kier molecular flexibility index (Phi) is 8.04. The molecular weight excluding hydrogens is 580 g/mol. The summed E-state index contributed by atoms with van der Waals surface area (Å²) in [6, 6.07) is 8.36. The van der Waals surface area contributed by atoms with Crippen molar-refractivity contribution >= 4 is 29.6 Å². The summed E-state index contributed by atoms with van der Waals surface area (Å²) in [7, 11) is 0. The van der Waals surface area contributed by atoms with Gasteiger partial charge in [-0.1, -0.05) is 24.3 Å². The minimum atomic E-state index is -5.06. The highest BCUT2D eigenvalue weighted by atomic mass is 19.4. The third kappa shape index (κ3) is 6.73. The fourth-order valence-electron chi connectivity index (χ4n) is 5.04. The number of alkyl halides is 6. The van der Waals surface area contributed by atoms with Gasteiger partial charge in [-0.25, -0.2) is 9.97 Å². The van der Waals surface area contributed by atoms with Gasteiger partial charge in [0, 0.05) is 19.6 Å². The smallest absolute Gasteiger partial charge is 0.416 e. The number of carboxylic acid groups (broad SMARTS) is 1. The number of carbonyl (C=O) groups is 2. The first-order valence-electron chi connectivity index (χ1n) is 13.2. The standard InChI is InChI=1S/C29H25F6N5O3/c30-28(31,32)21-9-17(10-22(12-21)29(33,34)35)16-40(25(41)24-11-19-3-1-2-4-20(19)13-36-24)27-37-14-23(15-38-27)39-7-5-18(6-8-39)26(42)43/h1-4,9-12,14-15,18,36H,5-8,13,16H2,(H,42,43). The first-order chi connectivity index (χ1) is 20.3. The summed E-state index contributed by atoms with van der Waals surface area (Å²) in [4.78, 5) is 36.3. The van der Waals surface area contributed by atoms with Gasteiger partial charge in [0.2, 0.25) is 5.95 Å². The van der Waals surface area contributed by atoms with Crippen molar-refractivity contribution in [2.24, 2.45) is 5.92 Å². The van der Waals surface area contributed by atoms with Gasteiger partial charge in [-0.2, -0.15) is 26.3 Å². The van der Waals surface area contributed by atoms with Crippen LogP contribution in [-0.2, 0) is 35.0 Å². The molecule has 8 nitrogen and oxygen atoms in total. The molecule has 5 rings (SSSR count). The lowest BCUT2D eigenvalue weighted by Gasteiger charge is -2.31. The number of carbonyl (C=O) groups excluding carboxylic acids is 1. The fraction of sp³-hybridized carbons (Fsp3) is 0.310. The van der Waals surface area contributed by atoms with Crippen LogP contribution in [0.3, 0.4) is 0 Å². The number of rotatable bonds is 6. The number of carboxylic acids is 1. The van der Waals surface area contributed by atoms with Gasteiger partial charge in [0.25, 0.3) is 5.91 Å². The van der Waals surface area contributed by atoms with E-state index in [0.717, 1.165) is 16.0 Å². The Labute approximate surface area is 241 Å². The molecule has 14 heteroatoms. The average molecular weight is 606 g/mol. The lowest BCUT2D eigenvalue weighted by atomic mass is 9.97. The zero-order valence-electron chi connectivity index (χ0n) is 22.4. The van der Waals surface area contributed by atoms with Crippen LogP contribution in [0.4, 0.5) is 38.0 Å². The Morgan fingerprint density at radius 2 is 1.56 bits per heavy atom. The largest absolute Gasteiger partial charge is 0.481 e. The van der Waals surface area contributed by atoms with Gasteiger partial charge in [-0.3, -0.25) is 14.5 Å². The number of nitrogens with one attached hydrogen (secondary N) is 1. The lowest BCUT2D eigenvalue weighted by Crippen LogP contribution is -2.39. The Bertz CT molecular complexity index is 1520. The molecule has 3 aromatic rings. The molecule has 0 unspecified atom stereocenters. The Morgan fingerprint density at radius 3 is 2.14 bits per heavy atom. The molecule has 0 aliphatic carbocycles. The number of amides is 1. The SMILES string of the molecule is O=C(O)C1CCN(c2cnc(N(Cc3cc(C(F)(F)F)cc(C(F)(F)F)c3)C(=O)C3=Cc4ccccc4CN3)nc2)CC1. The molecule has 0 atom stereocenters. The van der Waals surface area contributed by atoms with Crippen LogP contribution in [0.25, 0.3) is 6.08 Å². The highest BCUT2D eigenvalue weighted by Gasteiger charge is 2.37. The normalized spacial score (nSPS) is 15.8. The van der Waals surface area contributed by atoms with Crippen LogP contribution >= 0.6 is 0 Å². The van der Waals surface area contributed by atoms with E-state index in [1.165, 1.54) is 12.4 Å². The number of piperidine rings is 1. The van der Waals surface area contributed by atoms with Crippen molar-refractivity contribution in [1.29, 1.82) is 0 Å². The number of benzene rings is 2. The second-order valence-electron chi connectivity index (χ2n) is 10.3. The first-order valence-corrected chi connectivity index (χ1v) is 13.2. The minimum Gasteiger partial charge on any atom is -0.481 e. The topological polar surface area (TPSA) is 98.7 Å². The van der Waals surface area contributed by atoms with Gasteiger partial charge in [0.05, 0.1) is 41.7 Å². The molecule has 3 heterocycles. The van der Waals surface area contributed by atoms with E-state index in [9.17, 15) is 41.0 Å². The van der Waals surface area contributed by atoms with Crippen LogP contribution in [0.2, 0.25) is 0 Å². The highest BCUT2D eigenvalue weighted by molar-refractivity contribution is 6.07. The summed E-state index contributed by atoms with van der Waals surface area (Å²) in [5, 5.41) is 12.2. The molecule has 2 aliphatic rings. The summed E-state index contributed by atoms with van der Waals surface area (Å²) in [5.74, 6) is -2.34. The number of anilines is 2. The van der Waals surface area contributed by atoms with Gasteiger partial charge in [-0.05, 0) is 53.8 Å². The number of halogens is 6. The van der Waals surface area contributed by atoms with Gasteiger partial charge in [0.1, 0.15) is 5.70 Å². The summed E-state index contributed by atoms with van der Waals surface area (Å²) in [5.41, 5.74) is -1.22. The Hall–Kier alpha value is -4.62. The van der Waals surface area contributed by atoms with E-state index in [1.807, 2.05) is 17.0 Å². The molecule has 0 bridgehead atoms. The fourth-order valence-corrected chi connectivity index (χ4v) is 5.04. The van der Waals surface area contributed by atoms with Crippen LogP contribution in [0.15, 0.2) is 60.6 Å². The van der Waals surface area contributed by atoms with Crippen molar-refractivity contribution < 1.29 is 41.0 Å². The van der Waals surface area contributed by atoms with Gasteiger partial charge in [0.15, 0.2) is 0 Å². The number of nitrogens with zero attached hydrogens (tertiary/aromatic N) is 4. The summed E-state index contributed by atoms with van der Waals surface area (Å²) < 4.78 is 81.3. The van der Waals surface area contributed by atoms with E-state index in [1.54, 1.807) is 18.2 Å². The minimum absolute atomic E-state index is 0.0244. The van der Waals surface area contributed by atoms with Crippen LogP contribution in [0, 0.1) is 5.92 Å². The van der Waals surface area contributed by atoms with E-state index < -0.39 is 53.4 Å². The molecule has 1 saturated heterocycles. The van der Waals surface area contributed by atoms with Gasteiger partial charge >= 0.3 is 18.3 Å². The summed E-state index contributed by atoms with van der Waals surface area (Å²) in [6.45, 7) is 0.428. The molecule has 0 saturated carbocycles. The average Bonchev–Trinajstić information content (AvgIpc) is 2.98. The van der Waals surface area contributed by atoms with Crippen molar-refractivity contribution in [3.63, 3.8) is 0 Å². The molecule has 1 aromatic heterocycles. The molecule has 0 spiro atoms. The molecule has 43 heavy (non-hydrogen) atoms. The predicted molar refractivity (Wildman–Crippen MR) is 143 cm³/mol. The molecule has 2 aliphatic heterocycles. The Morgan fingerprint density at radius 1 is 0.953 bits per heavy atom. The molecule has 1 fully saturated rings. The third-order valence-electron chi connectivity index (χ3n) is 7.36. The molecule has 226 valence electrons. The highest BCUT2D eigenvalue weighted by Crippen LogP contribution is 2.37. The van der Waals surface area contributed by atoms with E-state index in [0.29, 0.717) is 43.8 Å². The molecule has 1 amide bonds. The lowest BCUT2D eigenvalue weighted by molar-refractivity contribution is -0.144. The van der Waals surface area contributed by atoms with E-state index >= 15 is 0 Å². The molecule has 0 radical (unpaired) electrons. The molecule has 2 aromatic carbocycles. The number of aliphatic carboxylic acids is 1. The predicted octanol–water partition coefficient (Wildman–Crippen LogP) is 5.49. The number of fused-ring (bicyclic) bond motifs is 1. The van der Waals surface area contributed by atoms with Crippen LogP contribution in [0.1, 0.15) is 40.7 Å². The summed E-state index contributed by atoms with van der Waals surface area (Å²) in [6.07, 6.45) is -5.00. The van der Waals surface area contributed by atoms with Crippen molar-refractivity contribution in [2.45, 2.75) is 38.3 Å². The first kappa shape index (κ1) is 29.9. The van der Waals surface area contributed by atoms with Crippen molar-refractivity contribution in [3.8, 4) is 0 Å². The number of hydrogen-bond acceptors (Lipinski definition) is 6. The molecular formula is C29H25F6N5O3. The monoisotopic (exact) mass is 605 g/mol. The van der Waals surface area contributed by atoms with Crippen molar-refractivity contribution in [2.75, 3.05) is 22.9 Å². The van der Waals surface area contributed by atoms with Crippen molar-refractivity contribution in [1.82, 2.24) is 15.3 Å². The second-order valence-corrected chi connectivity index (χ2v) is 10.3. The maximum atomic E-state index is 13.8. The maximum Gasteiger partial charge on any atom is 0.416 e. The van der Waals surface area contributed by atoms with Crippen molar-refractivity contribution in [3.05, 3.63) is 88.4 Å². The van der Waals surface area contributed by atoms with E-state index in [-0.39, 0.29) is 24.3 Å². The zero-order valence-corrected chi connectivity index (χ0v) is 22.4. The van der Waals surface area contributed by atoms with Gasteiger partial charge in [-0.15, -0.1) is 0 Å². The van der Waals surface area contributed by atoms with E-state index in [4.69, 9.17) is 0 Å². The number of hydrogen-bond donors (Lipinski definition) is 2. The van der Waals surface area contributed by atoms with Crippen LogP contribution in [-0.4, -0.2) is 40.0 Å². The zero-order chi connectivity index (χ0) is 30.9. The second kappa shape index (κ2) is 11.6. The summed E-state index contributed by atoms with van der Waals surface area (Å²) >= 11 is 0. The van der Waals surface area contributed by atoms with E-state index in [2.05, 4.69) is 15.3 Å². The third-order valence-corrected chi connectivity index (χ3v) is 7.36. The number of aromatic nitrogens is 2. The maximum absolute atomic E-state index is 13.8. The Balaban J connectivity index is 1.50. The van der Waals surface area contributed by atoms with Crippen LogP contribution in [0.5, 0.6) is 0 Å². The molecule has 2 N–H and O–H groups in total. The van der Waals surface area contributed by atoms with Crippen LogP contribution < -0.4 is 15.1 Å². The van der Waals surface area contributed by atoms with Gasteiger partial charge < -0.3 is 15.3 Å². The quantitative estimate of drug-likeness (QED) is 0.359.